The first-order valence-corrected chi connectivity index (χ1v) is 8.76. The van der Waals surface area contributed by atoms with Gasteiger partial charge in [-0.3, -0.25) is 4.90 Å². The van der Waals surface area contributed by atoms with E-state index < -0.39 is 0 Å². The minimum atomic E-state index is 0.285. The third-order valence-electron chi connectivity index (χ3n) is 4.77. The minimum absolute atomic E-state index is 0.285. The van der Waals surface area contributed by atoms with Gasteiger partial charge in [-0.25, -0.2) is 0 Å². The van der Waals surface area contributed by atoms with E-state index >= 15 is 0 Å². The van der Waals surface area contributed by atoms with Gasteiger partial charge in [0.2, 0.25) is 5.89 Å². The van der Waals surface area contributed by atoms with Gasteiger partial charge in [-0.2, -0.15) is 4.98 Å². The lowest BCUT2D eigenvalue weighted by Crippen LogP contribution is -2.34. The molecule has 0 aliphatic carbocycles. The zero-order valence-corrected chi connectivity index (χ0v) is 15.1. The molecule has 1 aliphatic heterocycles. The molecule has 2 aromatic rings. The van der Waals surface area contributed by atoms with Crippen LogP contribution in [-0.4, -0.2) is 35.2 Å². The van der Waals surface area contributed by atoms with Gasteiger partial charge in [-0.05, 0) is 49.6 Å². The van der Waals surface area contributed by atoms with Gasteiger partial charge in [0.25, 0.3) is 0 Å². The number of aryl methyl sites for hydroxylation is 1. The van der Waals surface area contributed by atoms with Crippen LogP contribution in [0.5, 0.6) is 5.75 Å². The Morgan fingerprint density at radius 2 is 2.21 bits per heavy atom. The van der Waals surface area contributed by atoms with E-state index in [1.165, 1.54) is 17.5 Å². The molecular formula is C19H27N3O2. The lowest BCUT2D eigenvalue weighted by atomic mass is 9.96. The molecule has 0 N–H and O–H groups in total. The molecule has 1 aliphatic rings. The third-order valence-corrected chi connectivity index (χ3v) is 4.77. The van der Waals surface area contributed by atoms with Crippen LogP contribution in [0.3, 0.4) is 0 Å². The number of rotatable bonds is 5. The van der Waals surface area contributed by atoms with Gasteiger partial charge in [0.15, 0.2) is 5.82 Å². The van der Waals surface area contributed by atoms with Crippen LogP contribution in [0.1, 0.15) is 61.4 Å². The molecule has 1 unspecified atom stereocenters. The largest absolute Gasteiger partial charge is 0.497 e. The number of hydrogen-bond donors (Lipinski definition) is 0. The minimum Gasteiger partial charge on any atom is -0.497 e. The quantitative estimate of drug-likeness (QED) is 0.833. The Morgan fingerprint density at radius 3 is 2.88 bits per heavy atom. The number of nitrogens with zero attached hydrogens (tertiary/aromatic N) is 3. The van der Waals surface area contributed by atoms with E-state index in [0.29, 0.717) is 5.92 Å². The van der Waals surface area contributed by atoms with Crippen molar-refractivity contribution in [3.05, 3.63) is 41.0 Å². The molecule has 1 atom stereocenters. The summed E-state index contributed by atoms with van der Waals surface area (Å²) >= 11 is 0. The fraction of sp³-hybridized carbons (Fsp3) is 0.579. The van der Waals surface area contributed by atoms with E-state index in [1.54, 1.807) is 7.11 Å². The molecule has 24 heavy (non-hydrogen) atoms. The van der Waals surface area contributed by atoms with Crippen molar-refractivity contribution in [1.82, 2.24) is 15.0 Å². The Kier molecular flexibility index (Phi) is 5.19. The van der Waals surface area contributed by atoms with E-state index in [1.807, 2.05) is 6.07 Å². The molecule has 0 amide bonds. The lowest BCUT2D eigenvalue weighted by Gasteiger charge is -2.31. The maximum Gasteiger partial charge on any atom is 0.229 e. The highest BCUT2D eigenvalue weighted by Crippen LogP contribution is 2.28. The molecule has 1 aromatic heterocycles. The number of piperidine rings is 1. The SMILES string of the molecule is COc1ccc(CN2CCCC(c3noc(C(C)C)n3)C2)c(C)c1. The highest BCUT2D eigenvalue weighted by Gasteiger charge is 2.26. The van der Waals surface area contributed by atoms with Crippen LogP contribution in [0.4, 0.5) is 0 Å². The van der Waals surface area contributed by atoms with E-state index in [9.17, 15) is 0 Å². The van der Waals surface area contributed by atoms with E-state index in [2.05, 4.69) is 47.9 Å². The van der Waals surface area contributed by atoms with Crippen LogP contribution in [0, 0.1) is 6.92 Å². The average molecular weight is 329 g/mol. The first kappa shape index (κ1) is 17.0. The second-order valence-corrected chi connectivity index (χ2v) is 7.01. The zero-order chi connectivity index (χ0) is 17.1. The Bertz CT molecular complexity index is 681. The fourth-order valence-corrected chi connectivity index (χ4v) is 3.27. The summed E-state index contributed by atoms with van der Waals surface area (Å²) in [5.74, 6) is 3.19. The van der Waals surface area contributed by atoms with E-state index in [4.69, 9.17) is 9.26 Å². The first-order valence-electron chi connectivity index (χ1n) is 8.76. The van der Waals surface area contributed by atoms with Crippen LogP contribution in [0.25, 0.3) is 0 Å². The molecule has 3 rings (SSSR count). The number of ether oxygens (including phenoxy) is 1. The van der Waals surface area contributed by atoms with E-state index in [-0.39, 0.29) is 5.92 Å². The molecule has 0 saturated carbocycles. The van der Waals surface area contributed by atoms with Crippen LogP contribution in [-0.2, 0) is 6.54 Å². The van der Waals surface area contributed by atoms with Gasteiger partial charge in [-0.1, -0.05) is 25.1 Å². The van der Waals surface area contributed by atoms with Gasteiger partial charge in [-0.15, -0.1) is 0 Å². The van der Waals surface area contributed by atoms with Gasteiger partial charge < -0.3 is 9.26 Å². The number of hydrogen-bond acceptors (Lipinski definition) is 5. The summed E-state index contributed by atoms with van der Waals surface area (Å²) in [6, 6.07) is 6.31. The summed E-state index contributed by atoms with van der Waals surface area (Å²) in [5.41, 5.74) is 2.63. The highest BCUT2D eigenvalue weighted by atomic mass is 16.5. The van der Waals surface area contributed by atoms with Crippen molar-refractivity contribution >= 4 is 0 Å². The molecule has 5 nitrogen and oxygen atoms in total. The number of methoxy groups -OCH3 is 1. The Labute approximate surface area is 144 Å². The fourth-order valence-electron chi connectivity index (χ4n) is 3.27. The second-order valence-electron chi connectivity index (χ2n) is 7.01. The zero-order valence-electron chi connectivity index (χ0n) is 15.1. The summed E-state index contributed by atoms with van der Waals surface area (Å²) in [7, 11) is 1.71. The van der Waals surface area contributed by atoms with Crippen molar-refractivity contribution in [2.24, 2.45) is 0 Å². The first-order chi connectivity index (χ1) is 11.6. The van der Waals surface area contributed by atoms with Crippen molar-refractivity contribution in [1.29, 1.82) is 0 Å². The van der Waals surface area contributed by atoms with Crippen molar-refractivity contribution in [2.45, 2.75) is 52.0 Å². The second kappa shape index (κ2) is 7.34. The standard InChI is InChI=1S/C19H27N3O2/c1-13(2)19-20-18(21-24-19)16-6-5-9-22(12-16)11-15-7-8-17(23-4)10-14(15)3/h7-8,10,13,16H,5-6,9,11-12H2,1-4H3. The predicted molar refractivity (Wildman–Crippen MR) is 93.4 cm³/mol. The smallest absolute Gasteiger partial charge is 0.229 e. The third kappa shape index (κ3) is 3.78. The van der Waals surface area contributed by atoms with E-state index in [0.717, 1.165) is 43.5 Å². The van der Waals surface area contributed by atoms with Crippen LogP contribution >= 0.6 is 0 Å². The Balaban J connectivity index is 1.67. The van der Waals surface area contributed by atoms with Gasteiger partial charge in [0.1, 0.15) is 5.75 Å². The average Bonchev–Trinajstić information content (AvgIpc) is 3.07. The summed E-state index contributed by atoms with van der Waals surface area (Å²) in [4.78, 5) is 7.09. The summed E-state index contributed by atoms with van der Waals surface area (Å²) < 4.78 is 10.7. The van der Waals surface area contributed by atoms with Gasteiger partial charge in [0.05, 0.1) is 7.11 Å². The molecule has 1 fully saturated rings. The lowest BCUT2D eigenvalue weighted by molar-refractivity contribution is 0.194. The molecule has 0 bridgehead atoms. The molecule has 0 spiro atoms. The van der Waals surface area contributed by atoms with Crippen molar-refractivity contribution in [3.8, 4) is 5.75 Å². The molecule has 0 radical (unpaired) electrons. The summed E-state index contributed by atoms with van der Waals surface area (Å²) in [5, 5.41) is 4.21. The molecule has 5 heteroatoms. The van der Waals surface area contributed by atoms with Crippen LogP contribution in [0.2, 0.25) is 0 Å². The predicted octanol–water partition coefficient (Wildman–Crippen LogP) is 3.89. The monoisotopic (exact) mass is 329 g/mol. The Hall–Kier alpha value is -1.88. The normalized spacial score (nSPS) is 19.0. The van der Waals surface area contributed by atoms with Crippen molar-refractivity contribution < 1.29 is 9.26 Å². The molecule has 1 aromatic carbocycles. The van der Waals surface area contributed by atoms with Crippen LogP contribution in [0.15, 0.2) is 22.7 Å². The molecule has 1 saturated heterocycles. The maximum absolute atomic E-state index is 5.38. The topological polar surface area (TPSA) is 51.4 Å². The van der Waals surface area contributed by atoms with Gasteiger partial charge in [0, 0.05) is 24.9 Å². The molecular weight excluding hydrogens is 302 g/mol. The summed E-state index contributed by atoms with van der Waals surface area (Å²) in [6.07, 6.45) is 2.31. The number of aromatic nitrogens is 2. The van der Waals surface area contributed by atoms with Crippen molar-refractivity contribution in [3.63, 3.8) is 0 Å². The molecule has 130 valence electrons. The van der Waals surface area contributed by atoms with Crippen LogP contribution < -0.4 is 4.74 Å². The Morgan fingerprint density at radius 1 is 1.38 bits per heavy atom. The van der Waals surface area contributed by atoms with Gasteiger partial charge >= 0.3 is 0 Å². The highest BCUT2D eigenvalue weighted by molar-refractivity contribution is 5.34. The molecule has 2 heterocycles. The maximum atomic E-state index is 5.38. The summed E-state index contributed by atoms with van der Waals surface area (Å²) in [6.45, 7) is 9.38. The number of likely N-dealkylation sites (tertiary alicyclic amines) is 1. The number of benzene rings is 1. The van der Waals surface area contributed by atoms with Crippen molar-refractivity contribution in [2.75, 3.05) is 20.2 Å².